The average Bonchev–Trinajstić information content (AvgIpc) is 3.11. The van der Waals surface area contributed by atoms with Crippen LogP contribution in [0.25, 0.3) is 5.69 Å². The number of anilines is 1. The predicted octanol–water partition coefficient (Wildman–Crippen LogP) is 3.16. The van der Waals surface area contributed by atoms with E-state index in [9.17, 15) is 18.5 Å². The topological polar surface area (TPSA) is 133 Å². The summed E-state index contributed by atoms with van der Waals surface area (Å²) < 4.78 is 25.6. The van der Waals surface area contributed by atoms with Gasteiger partial charge in [0.05, 0.1) is 22.0 Å². The van der Waals surface area contributed by atoms with Gasteiger partial charge < -0.3 is 5.32 Å². The SMILES string of the molecule is CC(C)c1nn(-c2ccccc2)cc1CNc1ccc([N+](=O)[O-])cc1S(N)(=O)=O. The second kappa shape index (κ2) is 8.02. The number of para-hydroxylation sites is 1. The molecule has 0 fully saturated rings. The van der Waals surface area contributed by atoms with E-state index in [1.165, 1.54) is 12.1 Å². The molecule has 0 aliphatic heterocycles. The van der Waals surface area contributed by atoms with E-state index >= 15 is 0 Å². The van der Waals surface area contributed by atoms with Gasteiger partial charge in [0.15, 0.2) is 0 Å². The van der Waals surface area contributed by atoms with Crippen LogP contribution in [0, 0.1) is 10.1 Å². The van der Waals surface area contributed by atoms with Crippen LogP contribution < -0.4 is 10.5 Å². The molecule has 0 radical (unpaired) electrons. The predicted molar refractivity (Wildman–Crippen MR) is 109 cm³/mol. The van der Waals surface area contributed by atoms with Crippen molar-refractivity contribution in [3.05, 3.63) is 76.1 Å². The molecule has 3 N–H and O–H groups in total. The molecule has 0 aliphatic carbocycles. The first-order chi connectivity index (χ1) is 13.7. The lowest BCUT2D eigenvalue weighted by molar-refractivity contribution is -0.385. The molecule has 0 aliphatic rings. The Bertz CT molecular complexity index is 1140. The van der Waals surface area contributed by atoms with Crippen molar-refractivity contribution in [2.75, 3.05) is 5.32 Å². The zero-order chi connectivity index (χ0) is 21.2. The highest BCUT2D eigenvalue weighted by atomic mass is 32.2. The summed E-state index contributed by atoms with van der Waals surface area (Å²) in [6.07, 6.45) is 1.87. The summed E-state index contributed by atoms with van der Waals surface area (Å²) in [5.41, 5.74) is 2.49. The van der Waals surface area contributed by atoms with Crippen LogP contribution in [0.2, 0.25) is 0 Å². The van der Waals surface area contributed by atoms with Crippen molar-refractivity contribution in [2.24, 2.45) is 5.14 Å². The quantitative estimate of drug-likeness (QED) is 0.450. The first-order valence-electron chi connectivity index (χ1n) is 8.86. The molecule has 29 heavy (non-hydrogen) atoms. The highest BCUT2D eigenvalue weighted by Crippen LogP contribution is 2.27. The second-order valence-electron chi connectivity index (χ2n) is 6.81. The van der Waals surface area contributed by atoms with Crippen molar-refractivity contribution in [1.82, 2.24) is 9.78 Å². The molecule has 9 nitrogen and oxygen atoms in total. The van der Waals surface area contributed by atoms with Gasteiger partial charge in [0.2, 0.25) is 10.0 Å². The van der Waals surface area contributed by atoms with Gasteiger partial charge in [0.25, 0.3) is 5.69 Å². The first-order valence-corrected chi connectivity index (χ1v) is 10.4. The number of hydrogen-bond donors (Lipinski definition) is 2. The van der Waals surface area contributed by atoms with Crippen LogP contribution in [-0.2, 0) is 16.6 Å². The van der Waals surface area contributed by atoms with Crippen LogP contribution in [0.5, 0.6) is 0 Å². The molecular formula is C19H21N5O4S. The number of aromatic nitrogens is 2. The average molecular weight is 415 g/mol. The first kappa shape index (κ1) is 20.5. The van der Waals surface area contributed by atoms with Gasteiger partial charge >= 0.3 is 0 Å². The van der Waals surface area contributed by atoms with Crippen molar-refractivity contribution >= 4 is 21.4 Å². The van der Waals surface area contributed by atoms with Gasteiger partial charge in [-0.1, -0.05) is 32.0 Å². The molecule has 0 amide bonds. The number of primary sulfonamides is 1. The molecule has 10 heteroatoms. The zero-order valence-corrected chi connectivity index (χ0v) is 16.8. The van der Waals surface area contributed by atoms with Crippen molar-refractivity contribution in [3.8, 4) is 5.69 Å². The van der Waals surface area contributed by atoms with Gasteiger partial charge in [-0.3, -0.25) is 10.1 Å². The zero-order valence-electron chi connectivity index (χ0n) is 15.9. The number of benzene rings is 2. The minimum Gasteiger partial charge on any atom is -0.380 e. The monoisotopic (exact) mass is 415 g/mol. The number of nitrogens with zero attached hydrogens (tertiary/aromatic N) is 3. The van der Waals surface area contributed by atoms with E-state index in [0.29, 0.717) is 0 Å². The van der Waals surface area contributed by atoms with Gasteiger partial charge in [0, 0.05) is 30.4 Å². The third-order valence-electron chi connectivity index (χ3n) is 4.34. The maximum absolute atomic E-state index is 11.9. The van der Waals surface area contributed by atoms with Crippen LogP contribution in [0.1, 0.15) is 31.0 Å². The Labute approximate surface area is 168 Å². The molecule has 3 rings (SSSR count). The van der Waals surface area contributed by atoms with Gasteiger partial charge in [-0.25, -0.2) is 18.2 Å². The summed E-state index contributed by atoms with van der Waals surface area (Å²) in [7, 11) is -4.15. The van der Waals surface area contributed by atoms with Gasteiger partial charge in [0.1, 0.15) is 4.90 Å². The Morgan fingerprint density at radius 2 is 1.90 bits per heavy atom. The van der Waals surface area contributed by atoms with Crippen LogP contribution in [0.3, 0.4) is 0 Å². The standard InChI is InChI=1S/C19H21N5O4S/c1-13(2)19-14(12-23(22-19)15-6-4-3-5-7-15)11-21-17-9-8-16(24(25)26)10-18(17)29(20,27)28/h3-10,12-13,21H,11H2,1-2H3,(H2,20,27,28). The summed E-state index contributed by atoms with van der Waals surface area (Å²) in [6, 6.07) is 13.1. The molecule has 152 valence electrons. The molecule has 0 saturated carbocycles. The van der Waals surface area contributed by atoms with E-state index < -0.39 is 14.9 Å². The van der Waals surface area contributed by atoms with Crippen LogP contribution in [-0.4, -0.2) is 23.1 Å². The summed E-state index contributed by atoms with van der Waals surface area (Å²) in [4.78, 5) is 9.97. The fourth-order valence-corrected chi connectivity index (χ4v) is 3.69. The smallest absolute Gasteiger partial charge is 0.270 e. The van der Waals surface area contributed by atoms with Crippen LogP contribution >= 0.6 is 0 Å². The molecular weight excluding hydrogens is 394 g/mol. The lowest BCUT2D eigenvalue weighted by Gasteiger charge is -2.11. The number of nitro groups is 1. The number of nitro benzene ring substituents is 1. The van der Waals surface area contributed by atoms with Gasteiger partial charge in [-0.2, -0.15) is 5.10 Å². The van der Waals surface area contributed by atoms with Crippen LogP contribution in [0.15, 0.2) is 59.6 Å². The number of nitrogens with two attached hydrogens (primary N) is 1. The van der Waals surface area contributed by atoms with Crippen LogP contribution in [0.4, 0.5) is 11.4 Å². The fourth-order valence-electron chi connectivity index (χ4n) is 2.95. The molecule has 0 spiro atoms. The van der Waals surface area contributed by atoms with E-state index in [1.807, 2.05) is 50.4 Å². The molecule has 0 unspecified atom stereocenters. The normalized spacial score (nSPS) is 11.6. The number of nitrogens with one attached hydrogen (secondary N) is 1. The van der Waals surface area contributed by atoms with Crippen molar-refractivity contribution in [2.45, 2.75) is 31.2 Å². The number of rotatable bonds is 7. The summed E-state index contributed by atoms with van der Waals surface area (Å²) >= 11 is 0. The highest BCUT2D eigenvalue weighted by Gasteiger charge is 2.20. The van der Waals surface area contributed by atoms with E-state index in [-0.39, 0.29) is 28.7 Å². The Balaban J connectivity index is 1.94. The van der Waals surface area contributed by atoms with E-state index in [1.54, 1.807) is 4.68 Å². The third kappa shape index (κ3) is 4.61. The largest absolute Gasteiger partial charge is 0.380 e. The van der Waals surface area contributed by atoms with E-state index in [4.69, 9.17) is 5.14 Å². The molecule has 2 aromatic carbocycles. The van der Waals surface area contributed by atoms with Crippen molar-refractivity contribution < 1.29 is 13.3 Å². The van der Waals surface area contributed by atoms with E-state index in [2.05, 4.69) is 10.4 Å². The lowest BCUT2D eigenvalue weighted by atomic mass is 10.1. The molecule has 1 heterocycles. The fraction of sp³-hybridized carbons (Fsp3) is 0.211. The Morgan fingerprint density at radius 1 is 1.21 bits per heavy atom. The minimum atomic E-state index is -4.15. The Kier molecular flexibility index (Phi) is 5.66. The minimum absolute atomic E-state index is 0.145. The maximum Gasteiger partial charge on any atom is 0.270 e. The summed E-state index contributed by atoms with van der Waals surface area (Å²) in [6.45, 7) is 4.31. The summed E-state index contributed by atoms with van der Waals surface area (Å²) in [5, 5.41) is 23.9. The number of hydrogen-bond acceptors (Lipinski definition) is 6. The molecule has 0 bridgehead atoms. The molecule has 0 atom stereocenters. The Morgan fingerprint density at radius 3 is 2.48 bits per heavy atom. The van der Waals surface area contributed by atoms with Crippen molar-refractivity contribution in [3.63, 3.8) is 0 Å². The molecule has 0 saturated heterocycles. The van der Waals surface area contributed by atoms with Gasteiger partial charge in [-0.15, -0.1) is 0 Å². The lowest BCUT2D eigenvalue weighted by Crippen LogP contribution is -2.15. The summed E-state index contributed by atoms with van der Waals surface area (Å²) in [5.74, 6) is 0.145. The maximum atomic E-state index is 11.9. The van der Waals surface area contributed by atoms with Gasteiger partial charge in [-0.05, 0) is 24.1 Å². The molecule has 1 aromatic heterocycles. The van der Waals surface area contributed by atoms with Crippen molar-refractivity contribution in [1.29, 1.82) is 0 Å². The van der Waals surface area contributed by atoms with E-state index in [0.717, 1.165) is 23.0 Å². The third-order valence-corrected chi connectivity index (χ3v) is 5.29. The number of sulfonamides is 1. The second-order valence-corrected chi connectivity index (χ2v) is 8.34. The number of non-ortho nitro benzene ring substituents is 1. The Hall–Kier alpha value is -3.24. The highest BCUT2D eigenvalue weighted by molar-refractivity contribution is 7.89. The molecule has 3 aromatic rings.